The highest BCUT2D eigenvalue weighted by molar-refractivity contribution is 5.76. The minimum atomic E-state index is -1.57. The van der Waals surface area contributed by atoms with Crippen molar-refractivity contribution >= 4 is 12.0 Å². The number of urea groups is 1. The van der Waals surface area contributed by atoms with Crippen LogP contribution in [0, 0.1) is 0 Å². The monoisotopic (exact) mass is 232 g/mol. The number of carbonyl (C=O) groups is 2. The van der Waals surface area contributed by atoms with Crippen LogP contribution in [-0.2, 0) is 9.53 Å². The number of aliphatic hydroxyl groups is 1. The third-order valence-corrected chi connectivity index (χ3v) is 2.30. The van der Waals surface area contributed by atoms with E-state index in [2.05, 4.69) is 10.6 Å². The third kappa shape index (κ3) is 4.45. The van der Waals surface area contributed by atoms with Gasteiger partial charge in [0.05, 0.1) is 6.54 Å². The minimum absolute atomic E-state index is 0.0516. The molecule has 0 aliphatic carbocycles. The van der Waals surface area contributed by atoms with Gasteiger partial charge in [0, 0.05) is 19.3 Å². The number of aliphatic hydroxyl groups excluding tert-OH is 1. The van der Waals surface area contributed by atoms with Crippen LogP contribution in [-0.4, -0.2) is 54.1 Å². The number of aliphatic carboxylic acids is 1. The van der Waals surface area contributed by atoms with E-state index in [9.17, 15) is 9.59 Å². The second kappa shape index (κ2) is 6.29. The van der Waals surface area contributed by atoms with E-state index in [1.54, 1.807) is 0 Å². The quantitative estimate of drug-likeness (QED) is 0.492. The van der Waals surface area contributed by atoms with Crippen LogP contribution >= 0.6 is 0 Å². The van der Waals surface area contributed by atoms with Crippen LogP contribution in [0.4, 0.5) is 4.79 Å². The lowest BCUT2D eigenvalue weighted by Gasteiger charge is -2.23. The maximum Gasteiger partial charge on any atom is 0.334 e. The summed E-state index contributed by atoms with van der Waals surface area (Å²) >= 11 is 0. The molecule has 2 amide bonds. The largest absolute Gasteiger partial charge is 0.479 e. The van der Waals surface area contributed by atoms with Gasteiger partial charge in [-0.05, 0) is 12.8 Å². The van der Waals surface area contributed by atoms with Gasteiger partial charge in [0.25, 0.3) is 0 Å². The molecule has 1 heterocycles. The molecule has 1 rings (SSSR count). The van der Waals surface area contributed by atoms with E-state index in [1.807, 2.05) is 0 Å². The number of amides is 2. The summed E-state index contributed by atoms with van der Waals surface area (Å²) in [6, 6.07) is -0.414. The Kier molecular flexibility index (Phi) is 5.00. The Hall–Kier alpha value is -1.34. The summed E-state index contributed by atoms with van der Waals surface area (Å²) < 4.78 is 5.12. The molecule has 0 unspecified atom stereocenters. The van der Waals surface area contributed by atoms with Crippen LogP contribution in [0.25, 0.3) is 0 Å². The van der Waals surface area contributed by atoms with Crippen molar-refractivity contribution in [2.45, 2.75) is 25.0 Å². The number of hydrogen-bond acceptors (Lipinski definition) is 4. The normalized spacial score (nSPS) is 18.8. The second-order valence-electron chi connectivity index (χ2n) is 3.60. The van der Waals surface area contributed by atoms with Gasteiger partial charge in [-0.2, -0.15) is 0 Å². The summed E-state index contributed by atoms with van der Waals surface area (Å²) in [6.45, 7) is 0.926. The molecule has 7 nitrogen and oxygen atoms in total. The van der Waals surface area contributed by atoms with E-state index in [0.717, 1.165) is 12.8 Å². The first-order chi connectivity index (χ1) is 7.59. The fraction of sp³-hybridized carbons (Fsp3) is 0.778. The average Bonchev–Trinajstić information content (AvgIpc) is 2.27. The Labute approximate surface area is 92.8 Å². The van der Waals surface area contributed by atoms with Gasteiger partial charge < -0.3 is 25.6 Å². The highest BCUT2D eigenvalue weighted by Gasteiger charge is 2.18. The Bertz CT molecular complexity index is 252. The SMILES string of the molecule is O=C(NC[C@H](O)C(=O)O)NC1CCOCC1. The van der Waals surface area contributed by atoms with Gasteiger partial charge in [-0.15, -0.1) is 0 Å². The Morgan fingerprint density at radius 2 is 2.00 bits per heavy atom. The number of hydrogen-bond donors (Lipinski definition) is 4. The summed E-state index contributed by atoms with van der Waals surface area (Å²) in [5.74, 6) is -1.36. The predicted octanol–water partition coefficient (Wildman–Crippen LogP) is -1.09. The van der Waals surface area contributed by atoms with Crippen molar-refractivity contribution in [1.29, 1.82) is 0 Å². The lowest BCUT2D eigenvalue weighted by atomic mass is 10.1. The number of rotatable bonds is 4. The van der Waals surface area contributed by atoms with E-state index >= 15 is 0 Å². The number of carboxylic acids is 1. The van der Waals surface area contributed by atoms with Crippen molar-refractivity contribution < 1.29 is 24.5 Å². The Balaban J connectivity index is 2.17. The first-order valence-corrected chi connectivity index (χ1v) is 5.12. The van der Waals surface area contributed by atoms with Crippen LogP contribution in [0.15, 0.2) is 0 Å². The van der Waals surface area contributed by atoms with Crippen molar-refractivity contribution in [3.05, 3.63) is 0 Å². The van der Waals surface area contributed by atoms with E-state index in [0.29, 0.717) is 13.2 Å². The molecule has 1 atom stereocenters. The Morgan fingerprint density at radius 3 is 2.56 bits per heavy atom. The molecule has 1 saturated heterocycles. The van der Waals surface area contributed by atoms with Gasteiger partial charge in [-0.25, -0.2) is 9.59 Å². The van der Waals surface area contributed by atoms with Gasteiger partial charge in [-0.1, -0.05) is 0 Å². The molecule has 1 aliphatic rings. The molecular formula is C9H16N2O5. The van der Waals surface area contributed by atoms with Gasteiger partial charge >= 0.3 is 12.0 Å². The summed E-state index contributed by atoms with van der Waals surface area (Å²) in [5.41, 5.74) is 0. The van der Waals surface area contributed by atoms with E-state index in [1.165, 1.54) is 0 Å². The highest BCUT2D eigenvalue weighted by Crippen LogP contribution is 2.05. The lowest BCUT2D eigenvalue weighted by Crippen LogP contribution is -2.47. The zero-order valence-corrected chi connectivity index (χ0v) is 8.81. The Morgan fingerprint density at radius 1 is 1.38 bits per heavy atom. The molecule has 0 spiro atoms. The second-order valence-corrected chi connectivity index (χ2v) is 3.60. The third-order valence-electron chi connectivity index (χ3n) is 2.30. The van der Waals surface area contributed by atoms with E-state index in [-0.39, 0.29) is 12.6 Å². The van der Waals surface area contributed by atoms with Crippen LogP contribution < -0.4 is 10.6 Å². The molecule has 92 valence electrons. The van der Waals surface area contributed by atoms with Gasteiger partial charge in [0.15, 0.2) is 6.10 Å². The lowest BCUT2D eigenvalue weighted by molar-refractivity contribution is -0.146. The van der Waals surface area contributed by atoms with Crippen LogP contribution in [0.5, 0.6) is 0 Å². The van der Waals surface area contributed by atoms with Crippen molar-refractivity contribution in [2.24, 2.45) is 0 Å². The molecule has 0 radical (unpaired) electrons. The van der Waals surface area contributed by atoms with Crippen molar-refractivity contribution in [3.8, 4) is 0 Å². The smallest absolute Gasteiger partial charge is 0.334 e. The number of carboxylic acid groups (broad SMARTS) is 1. The van der Waals surface area contributed by atoms with Gasteiger partial charge in [0.2, 0.25) is 0 Å². The molecule has 0 aromatic rings. The molecule has 0 saturated carbocycles. The molecule has 1 fully saturated rings. The van der Waals surface area contributed by atoms with E-state index in [4.69, 9.17) is 14.9 Å². The zero-order valence-electron chi connectivity index (χ0n) is 8.81. The van der Waals surface area contributed by atoms with Gasteiger partial charge in [-0.3, -0.25) is 0 Å². The first kappa shape index (κ1) is 12.7. The van der Waals surface area contributed by atoms with Crippen LogP contribution in [0.1, 0.15) is 12.8 Å². The molecule has 0 bridgehead atoms. The topological polar surface area (TPSA) is 108 Å². The highest BCUT2D eigenvalue weighted by atomic mass is 16.5. The fourth-order valence-corrected chi connectivity index (χ4v) is 1.36. The molecule has 7 heteroatoms. The number of ether oxygens (including phenoxy) is 1. The number of nitrogens with one attached hydrogen (secondary N) is 2. The van der Waals surface area contributed by atoms with Gasteiger partial charge in [0.1, 0.15) is 0 Å². The molecule has 0 aromatic carbocycles. The molecule has 0 aromatic heterocycles. The minimum Gasteiger partial charge on any atom is -0.479 e. The number of carbonyl (C=O) groups excluding carboxylic acids is 1. The zero-order chi connectivity index (χ0) is 12.0. The average molecular weight is 232 g/mol. The summed E-state index contributed by atoms with van der Waals surface area (Å²) in [6.07, 6.45) is -0.0791. The van der Waals surface area contributed by atoms with Crippen LogP contribution in [0.2, 0.25) is 0 Å². The fourth-order valence-electron chi connectivity index (χ4n) is 1.36. The molecular weight excluding hydrogens is 216 g/mol. The predicted molar refractivity (Wildman–Crippen MR) is 54.0 cm³/mol. The molecule has 1 aliphatic heterocycles. The maximum absolute atomic E-state index is 11.3. The standard InChI is InChI=1S/C9H16N2O5/c12-7(8(13)14)5-10-9(15)11-6-1-3-16-4-2-6/h6-7,12H,1-5H2,(H,13,14)(H2,10,11,15)/t7-/m0/s1. The summed E-state index contributed by atoms with van der Waals surface area (Å²) in [4.78, 5) is 21.5. The van der Waals surface area contributed by atoms with Crippen molar-refractivity contribution in [1.82, 2.24) is 10.6 Å². The van der Waals surface area contributed by atoms with Crippen LogP contribution in [0.3, 0.4) is 0 Å². The van der Waals surface area contributed by atoms with Crippen molar-refractivity contribution in [2.75, 3.05) is 19.8 Å². The summed E-state index contributed by atoms with van der Waals surface area (Å²) in [7, 11) is 0. The van der Waals surface area contributed by atoms with Crippen molar-refractivity contribution in [3.63, 3.8) is 0 Å². The summed E-state index contributed by atoms with van der Waals surface area (Å²) in [5, 5.41) is 22.3. The maximum atomic E-state index is 11.3. The molecule has 16 heavy (non-hydrogen) atoms. The first-order valence-electron chi connectivity index (χ1n) is 5.12. The van der Waals surface area contributed by atoms with E-state index < -0.39 is 18.1 Å². The molecule has 4 N–H and O–H groups in total.